The van der Waals surface area contributed by atoms with Gasteiger partial charge in [0.05, 0.1) is 17.9 Å². The minimum absolute atomic E-state index is 0.313. The third-order valence-electron chi connectivity index (χ3n) is 2.11. The van der Waals surface area contributed by atoms with Gasteiger partial charge in [-0.2, -0.15) is 0 Å². The van der Waals surface area contributed by atoms with Gasteiger partial charge in [-0.3, -0.25) is 0 Å². The number of thiocarbonyl (C=S) groups is 1. The van der Waals surface area contributed by atoms with Crippen LogP contribution in [-0.4, -0.2) is 34.2 Å². The third-order valence-corrected chi connectivity index (χ3v) is 2.35. The van der Waals surface area contributed by atoms with Crippen LogP contribution in [0.1, 0.15) is 23.0 Å². The summed E-state index contributed by atoms with van der Waals surface area (Å²) in [6.45, 7) is 7.88. The van der Waals surface area contributed by atoms with Crippen molar-refractivity contribution in [2.75, 3.05) is 18.5 Å². The number of carbonyl (C=O) groups excluding carboxylic acids is 1. The van der Waals surface area contributed by atoms with Crippen molar-refractivity contribution in [3.63, 3.8) is 0 Å². The normalized spacial score (nSPS) is 9.58. The monoisotopic (exact) mass is 280 g/mol. The molecule has 0 aromatic carbocycles. The summed E-state index contributed by atoms with van der Waals surface area (Å²) in [6, 6.07) is 0. The number of carbonyl (C=O) groups is 1. The van der Waals surface area contributed by atoms with Crippen LogP contribution in [0.15, 0.2) is 18.9 Å². The quantitative estimate of drug-likeness (QED) is 0.480. The molecule has 1 aromatic heterocycles. The van der Waals surface area contributed by atoms with E-state index >= 15 is 0 Å². The van der Waals surface area contributed by atoms with Gasteiger partial charge in [0.15, 0.2) is 5.11 Å². The first-order valence-corrected chi connectivity index (χ1v) is 6.15. The Morgan fingerprint density at radius 3 is 2.95 bits per heavy atom. The number of aromatic nitrogens is 2. The van der Waals surface area contributed by atoms with Gasteiger partial charge in [-0.25, -0.2) is 14.8 Å². The molecule has 1 aromatic rings. The minimum atomic E-state index is -0.432. The molecule has 0 bridgehead atoms. The summed E-state index contributed by atoms with van der Waals surface area (Å²) in [5.74, 6) is -0.106. The molecule has 7 heteroatoms. The zero-order chi connectivity index (χ0) is 14.3. The zero-order valence-electron chi connectivity index (χ0n) is 10.9. The second kappa shape index (κ2) is 7.42. The van der Waals surface area contributed by atoms with Crippen LogP contribution >= 0.6 is 12.2 Å². The molecule has 0 unspecified atom stereocenters. The molecule has 0 aliphatic heterocycles. The van der Waals surface area contributed by atoms with Crippen LogP contribution in [-0.2, 0) is 4.74 Å². The van der Waals surface area contributed by atoms with Crippen molar-refractivity contribution < 1.29 is 9.53 Å². The molecular formula is C12H16N4O2S. The molecule has 0 atom stereocenters. The van der Waals surface area contributed by atoms with E-state index in [4.69, 9.17) is 17.0 Å². The summed E-state index contributed by atoms with van der Waals surface area (Å²) < 4.78 is 4.89. The molecule has 0 spiro atoms. The van der Waals surface area contributed by atoms with E-state index in [0.29, 0.717) is 35.5 Å². The molecule has 1 rings (SSSR count). The Hall–Kier alpha value is -2.02. The van der Waals surface area contributed by atoms with E-state index in [-0.39, 0.29) is 0 Å². The van der Waals surface area contributed by atoms with Crippen LogP contribution in [0.2, 0.25) is 0 Å². The molecular weight excluding hydrogens is 264 g/mol. The van der Waals surface area contributed by atoms with Crippen LogP contribution in [0, 0.1) is 6.92 Å². The number of nitrogens with zero attached hydrogens (tertiary/aromatic N) is 2. The van der Waals surface area contributed by atoms with Crippen molar-refractivity contribution in [2.24, 2.45) is 0 Å². The average molecular weight is 280 g/mol. The Labute approximate surface area is 117 Å². The number of nitrogens with one attached hydrogen (secondary N) is 2. The molecule has 0 radical (unpaired) electrons. The second-order valence-electron chi connectivity index (χ2n) is 3.54. The Balaban J connectivity index is 2.73. The van der Waals surface area contributed by atoms with Crippen LogP contribution in [0.25, 0.3) is 0 Å². The lowest BCUT2D eigenvalue weighted by Gasteiger charge is -2.09. The average Bonchev–Trinajstić information content (AvgIpc) is 2.36. The van der Waals surface area contributed by atoms with Gasteiger partial charge in [-0.05, 0) is 26.1 Å². The smallest absolute Gasteiger partial charge is 0.341 e. The van der Waals surface area contributed by atoms with Crippen LogP contribution in [0.3, 0.4) is 0 Å². The fourth-order valence-corrected chi connectivity index (χ4v) is 1.42. The topological polar surface area (TPSA) is 76.1 Å². The summed E-state index contributed by atoms with van der Waals surface area (Å²) in [5.41, 5.74) is 0.875. The van der Waals surface area contributed by atoms with Gasteiger partial charge in [-0.1, -0.05) is 6.08 Å². The molecule has 0 aliphatic rings. The first-order valence-electron chi connectivity index (χ1n) is 5.75. The van der Waals surface area contributed by atoms with Gasteiger partial charge in [-0.15, -0.1) is 6.58 Å². The number of hydrogen-bond acceptors (Lipinski definition) is 5. The SMILES string of the molecule is C=CCNC(=S)Nc1ncc(C(=O)OCC)c(C)n1. The van der Waals surface area contributed by atoms with Crippen molar-refractivity contribution in [3.05, 3.63) is 30.1 Å². The molecule has 0 amide bonds. The summed E-state index contributed by atoms with van der Waals surface area (Å²) in [7, 11) is 0. The van der Waals surface area contributed by atoms with Gasteiger partial charge in [0.2, 0.25) is 5.95 Å². The van der Waals surface area contributed by atoms with Gasteiger partial charge < -0.3 is 15.4 Å². The first kappa shape index (κ1) is 15.0. The number of ether oxygens (including phenoxy) is 1. The lowest BCUT2D eigenvalue weighted by molar-refractivity contribution is 0.0524. The van der Waals surface area contributed by atoms with E-state index in [0.717, 1.165) is 0 Å². The van der Waals surface area contributed by atoms with Gasteiger partial charge in [0.25, 0.3) is 0 Å². The minimum Gasteiger partial charge on any atom is -0.462 e. The van der Waals surface area contributed by atoms with Crippen molar-refractivity contribution >= 4 is 29.2 Å². The number of aryl methyl sites for hydroxylation is 1. The maximum absolute atomic E-state index is 11.6. The molecule has 19 heavy (non-hydrogen) atoms. The van der Waals surface area contributed by atoms with Crippen molar-refractivity contribution in [3.8, 4) is 0 Å². The third kappa shape index (κ3) is 4.63. The maximum atomic E-state index is 11.6. The first-order chi connectivity index (χ1) is 9.08. The standard InChI is InChI=1S/C12H16N4O2S/c1-4-6-13-12(19)16-11-14-7-9(8(3)15-11)10(17)18-5-2/h4,7H,1,5-6H2,2-3H3,(H2,13,14,15,16,19). The van der Waals surface area contributed by atoms with E-state index < -0.39 is 5.97 Å². The lowest BCUT2D eigenvalue weighted by atomic mass is 10.2. The highest BCUT2D eigenvalue weighted by Gasteiger charge is 2.12. The zero-order valence-corrected chi connectivity index (χ0v) is 11.7. The Bertz CT molecular complexity index is 491. The Kier molecular flexibility index (Phi) is 5.87. The summed E-state index contributed by atoms with van der Waals surface area (Å²) >= 11 is 5.03. The van der Waals surface area contributed by atoms with Crippen molar-refractivity contribution in [1.29, 1.82) is 0 Å². The molecule has 2 N–H and O–H groups in total. The second-order valence-corrected chi connectivity index (χ2v) is 3.95. The van der Waals surface area contributed by atoms with Gasteiger partial charge in [0.1, 0.15) is 0 Å². The fourth-order valence-electron chi connectivity index (χ4n) is 1.25. The maximum Gasteiger partial charge on any atom is 0.341 e. The van der Waals surface area contributed by atoms with E-state index in [1.54, 1.807) is 19.9 Å². The van der Waals surface area contributed by atoms with Crippen molar-refractivity contribution in [2.45, 2.75) is 13.8 Å². The van der Waals surface area contributed by atoms with Crippen LogP contribution in [0.4, 0.5) is 5.95 Å². The van der Waals surface area contributed by atoms with Gasteiger partial charge in [0, 0.05) is 12.7 Å². The highest BCUT2D eigenvalue weighted by atomic mass is 32.1. The Morgan fingerprint density at radius 2 is 2.37 bits per heavy atom. The number of rotatable bonds is 5. The fraction of sp³-hybridized carbons (Fsp3) is 0.333. The predicted octanol–water partition coefficient (Wildman–Crippen LogP) is 1.43. The lowest BCUT2D eigenvalue weighted by Crippen LogP contribution is -2.29. The molecule has 1 heterocycles. The molecule has 0 aliphatic carbocycles. The van der Waals surface area contributed by atoms with Crippen molar-refractivity contribution in [1.82, 2.24) is 15.3 Å². The number of esters is 1. The molecule has 102 valence electrons. The number of hydrogen-bond donors (Lipinski definition) is 2. The summed E-state index contributed by atoms with van der Waals surface area (Å²) in [5, 5.41) is 6.09. The van der Waals surface area contributed by atoms with Gasteiger partial charge >= 0.3 is 5.97 Å². The molecule has 0 fully saturated rings. The summed E-state index contributed by atoms with van der Waals surface area (Å²) in [6.07, 6.45) is 3.10. The Morgan fingerprint density at radius 1 is 1.63 bits per heavy atom. The van der Waals surface area contributed by atoms with E-state index in [9.17, 15) is 4.79 Å². The largest absolute Gasteiger partial charge is 0.462 e. The number of anilines is 1. The highest BCUT2D eigenvalue weighted by Crippen LogP contribution is 2.08. The molecule has 6 nitrogen and oxygen atoms in total. The predicted molar refractivity (Wildman–Crippen MR) is 77.1 cm³/mol. The molecule has 0 saturated heterocycles. The molecule has 0 saturated carbocycles. The highest BCUT2D eigenvalue weighted by molar-refractivity contribution is 7.80. The van der Waals surface area contributed by atoms with Crippen LogP contribution < -0.4 is 10.6 Å². The van der Waals surface area contributed by atoms with E-state index in [2.05, 4.69) is 27.2 Å². The van der Waals surface area contributed by atoms with E-state index in [1.165, 1.54) is 6.20 Å². The van der Waals surface area contributed by atoms with E-state index in [1.807, 2.05) is 0 Å². The van der Waals surface area contributed by atoms with Crippen LogP contribution in [0.5, 0.6) is 0 Å². The summed E-state index contributed by atoms with van der Waals surface area (Å²) in [4.78, 5) is 19.7.